The maximum atomic E-state index is 11.9. The summed E-state index contributed by atoms with van der Waals surface area (Å²) >= 11 is 0. The van der Waals surface area contributed by atoms with E-state index in [0.29, 0.717) is 18.7 Å². The zero-order chi connectivity index (χ0) is 18.9. The highest BCUT2D eigenvalue weighted by Crippen LogP contribution is 2.20. The van der Waals surface area contributed by atoms with Crippen LogP contribution in [0.25, 0.3) is 0 Å². The number of amides is 1. The van der Waals surface area contributed by atoms with Crippen molar-refractivity contribution in [3.05, 3.63) is 59.9 Å². The summed E-state index contributed by atoms with van der Waals surface area (Å²) in [4.78, 5) is 18.4. The fraction of sp³-hybridized carbons (Fsp3) is 0.455. The number of ether oxygens (including phenoxy) is 1. The van der Waals surface area contributed by atoms with Crippen molar-refractivity contribution < 1.29 is 9.53 Å². The van der Waals surface area contributed by atoms with E-state index in [4.69, 9.17) is 4.74 Å². The van der Waals surface area contributed by atoms with Crippen molar-refractivity contribution >= 4 is 5.91 Å². The molecule has 0 bridgehead atoms. The van der Waals surface area contributed by atoms with Crippen LogP contribution in [-0.4, -0.2) is 42.0 Å². The van der Waals surface area contributed by atoms with Crippen LogP contribution in [0.5, 0.6) is 5.75 Å². The molecule has 1 saturated heterocycles. The summed E-state index contributed by atoms with van der Waals surface area (Å²) < 4.78 is 5.86. The smallest absolute Gasteiger partial charge is 0.252 e. The normalized spacial score (nSPS) is 17.4. The number of nitrogens with one attached hydrogen (secondary N) is 1. The Hall–Kier alpha value is -2.40. The van der Waals surface area contributed by atoms with E-state index >= 15 is 0 Å². The van der Waals surface area contributed by atoms with Gasteiger partial charge in [-0.05, 0) is 61.6 Å². The van der Waals surface area contributed by atoms with Crippen LogP contribution >= 0.6 is 0 Å². The SMILES string of the molecule is CC1CCCN(Cc2cccc(OCCCNC(=O)c3cccnc3)c2)C1. The van der Waals surface area contributed by atoms with Gasteiger partial charge in [-0.1, -0.05) is 19.1 Å². The summed E-state index contributed by atoms with van der Waals surface area (Å²) in [6, 6.07) is 11.9. The van der Waals surface area contributed by atoms with Gasteiger partial charge in [0.25, 0.3) is 5.91 Å². The van der Waals surface area contributed by atoms with Crippen LogP contribution < -0.4 is 10.1 Å². The average molecular weight is 367 g/mol. The molecule has 1 aromatic heterocycles. The second-order valence-corrected chi connectivity index (χ2v) is 7.33. The molecule has 1 unspecified atom stereocenters. The van der Waals surface area contributed by atoms with E-state index in [1.165, 1.54) is 31.5 Å². The lowest BCUT2D eigenvalue weighted by atomic mass is 10.00. The Labute approximate surface area is 161 Å². The minimum absolute atomic E-state index is 0.0964. The minimum Gasteiger partial charge on any atom is -0.494 e. The summed E-state index contributed by atoms with van der Waals surface area (Å²) in [5.41, 5.74) is 1.88. The highest BCUT2D eigenvalue weighted by molar-refractivity contribution is 5.93. The molecular weight excluding hydrogens is 338 g/mol. The summed E-state index contributed by atoms with van der Waals surface area (Å²) in [6.07, 6.45) is 6.63. The molecule has 1 aliphatic heterocycles. The first-order valence-corrected chi connectivity index (χ1v) is 9.83. The number of aromatic nitrogens is 1. The number of hydrogen-bond donors (Lipinski definition) is 1. The largest absolute Gasteiger partial charge is 0.494 e. The Morgan fingerprint density at radius 3 is 3.07 bits per heavy atom. The second kappa shape index (κ2) is 10.1. The quantitative estimate of drug-likeness (QED) is 0.726. The third-order valence-electron chi connectivity index (χ3n) is 4.84. The molecule has 27 heavy (non-hydrogen) atoms. The first-order valence-electron chi connectivity index (χ1n) is 9.83. The van der Waals surface area contributed by atoms with Crippen molar-refractivity contribution in [1.29, 1.82) is 0 Å². The molecule has 1 fully saturated rings. The number of piperidine rings is 1. The first kappa shape index (κ1) is 19.4. The fourth-order valence-electron chi connectivity index (χ4n) is 3.49. The highest BCUT2D eigenvalue weighted by Gasteiger charge is 2.16. The average Bonchev–Trinajstić information content (AvgIpc) is 2.68. The number of pyridine rings is 1. The lowest BCUT2D eigenvalue weighted by Gasteiger charge is -2.30. The summed E-state index contributed by atoms with van der Waals surface area (Å²) in [7, 11) is 0. The van der Waals surface area contributed by atoms with Crippen molar-refractivity contribution in [3.63, 3.8) is 0 Å². The molecule has 1 aromatic carbocycles. The lowest BCUT2D eigenvalue weighted by Crippen LogP contribution is -2.33. The van der Waals surface area contributed by atoms with Gasteiger partial charge in [0, 0.05) is 32.0 Å². The monoisotopic (exact) mass is 367 g/mol. The predicted molar refractivity (Wildman–Crippen MR) is 107 cm³/mol. The number of likely N-dealkylation sites (tertiary alicyclic amines) is 1. The van der Waals surface area contributed by atoms with Gasteiger partial charge in [-0.2, -0.15) is 0 Å². The third kappa shape index (κ3) is 6.36. The van der Waals surface area contributed by atoms with E-state index in [1.54, 1.807) is 24.5 Å². The minimum atomic E-state index is -0.0964. The summed E-state index contributed by atoms with van der Waals surface area (Å²) in [5, 5.41) is 2.89. The summed E-state index contributed by atoms with van der Waals surface area (Å²) in [5.74, 6) is 1.59. The zero-order valence-corrected chi connectivity index (χ0v) is 16.1. The van der Waals surface area contributed by atoms with Gasteiger partial charge in [0.15, 0.2) is 0 Å². The number of rotatable bonds is 8. The molecular formula is C22H29N3O2. The highest BCUT2D eigenvalue weighted by atomic mass is 16.5. The first-order chi connectivity index (χ1) is 13.2. The van der Waals surface area contributed by atoms with E-state index < -0.39 is 0 Å². The molecule has 1 aliphatic rings. The van der Waals surface area contributed by atoms with Crippen molar-refractivity contribution in [2.75, 3.05) is 26.2 Å². The molecule has 0 spiro atoms. The topological polar surface area (TPSA) is 54.5 Å². The maximum absolute atomic E-state index is 11.9. The van der Waals surface area contributed by atoms with E-state index in [1.807, 2.05) is 6.07 Å². The van der Waals surface area contributed by atoms with Crippen molar-refractivity contribution in [2.24, 2.45) is 5.92 Å². The van der Waals surface area contributed by atoms with Gasteiger partial charge in [0.2, 0.25) is 0 Å². The number of benzene rings is 1. The van der Waals surface area contributed by atoms with Gasteiger partial charge >= 0.3 is 0 Å². The van der Waals surface area contributed by atoms with Crippen LogP contribution in [0.2, 0.25) is 0 Å². The van der Waals surface area contributed by atoms with Gasteiger partial charge in [-0.25, -0.2) is 0 Å². The van der Waals surface area contributed by atoms with Gasteiger partial charge in [0.1, 0.15) is 5.75 Å². The Bertz CT molecular complexity index is 721. The van der Waals surface area contributed by atoms with E-state index in [2.05, 4.69) is 40.3 Å². The van der Waals surface area contributed by atoms with E-state index in [-0.39, 0.29) is 5.91 Å². The Balaban J connectivity index is 1.38. The standard InChI is InChI=1S/C22H29N3O2/c1-18-6-4-12-25(16-18)17-19-7-2-9-21(14-19)27-13-5-11-24-22(26)20-8-3-10-23-15-20/h2-3,7-10,14-15,18H,4-6,11-13,16-17H2,1H3,(H,24,26). The second-order valence-electron chi connectivity index (χ2n) is 7.33. The van der Waals surface area contributed by atoms with Crippen LogP contribution in [0.3, 0.4) is 0 Å². The maximum Gasteiger partial charge on any atom is 0.252 e. The fourth-order valence-corrected chi connectivity index (χ4v) is 3.49. The van der Waals surface area contributed by atoms with E-state index in [9.17, 15) is 4.79 Å². The molecule has 1 N–H and O–H groups in total. The van der Waals surface area contributed by atoms with Crippen LogP contribution in [-0.2, 0) is 6.54 Å². The molecule has 144 valence electrons. The van der Waals surface area contributed by atoms with Crippen LogP contribution in [0.1, 0.15) is 42.1 Å². The van der Waals surface area contributed by atoms with Crippen molar-refractivity contribution in [3.8, 4) is 5.75 Å². The van der Waals surface area contributed by atoms with Crippen LogP contribution in [0.4, 0.5) is 0 Å². The molecule has 1 amide bonds. The van der Waals surface area contributed by atoms with Gasteiger partial charge < -0.3 is 10.1 Å². The van der Waals surface area contributed by atoms with Gasteiger partial charge in [0.05, 0.1) is 12.2 Å². The summed E-state index contributed by atoms with van der Waals surface area (Å²) in [6.45, 7) is 6.85. The number of carbonyl (C=O) groups is 1. The Morgan fingerprint density at radius 2 is 2.26 bits per heavy atom. The predicted octanol–water partition coefficient (Wildman–Crippen LogP) is 3.51. The molecule has 0 radical (unpaired) electrons. The molecule has 1 atom stereocenters. The molecule has 5 heteroatoms. The van der Waals surface area contributed by atoms with E-state index in [0.717, 1.165) is 24.6 Å². The van der Waals surface area contributed by atoms with Crippen molar-refractivity contribution in [1.82, 2.24) is 15.2 Å². The van der Waals surface area contributed by atoms with Crippen molar-refractivity contribution in [2.45, 2.75) is 32.7 Å². The zero-order valence-electron chi connectivity index (χ0n) is 16.1. The molecule has 2 heterocycles. The molecule has 2 aromatic rings. The molecule has 0 saturated carbocycles. The van der Waals surface area contributed by atoms with Gasteiger partial charge in [-0.15, -0.1) is 0 Å². The Morgan fingerprint density at radius 1 is 1.33 bits per heavy atom. The molecule has 0 aliphatic carbocycles. The lowest BCUT2D eigenvalue weighted by molar-refractivity contribution is 0.0951. The molecule has 5 nitrogen and oxygen atoms in total. The number of hydrogen-bond acceptors (Lipinski definition) is 4. The Kier molecular flexibility index (Phi) is 7.22. The number of nitrogens with zero attached hydrogens (tertiary/aromatic N) is 2. The van der Waals surface area contributed by atoms with Crippen LogP contribution in [0.15, 0.2) is 48.8 Å². The van der Waals surface area contributed by atoms with Crippen LogP contribution in [0, 0.1) is 5.92 Å². The van der Waals surface area contributed by atoms with Gasteiger partial charge in [-0.3, -0.25) is 14.7 Å². The molecule has 3 rings (SSSR count). The third-order valence-corrected chi connectivity index (χ3v) is 4.84. The number of carbonyl (C=O) groups excluding carboxylic acids is 1.